The van der Waals surface area contributed by atoms with Gasteiger partial charge in [0.1, 0.15) is 0 Å². The van der Waals surface area contributed by atoms with Crippen LogP contribution in [0.5, 0.6) is 0 Å². The van der Waals surface area contributed by atoms with Crippen molar-refractivity contribution in [2.45, 2.75) is 40.5 Å². The molecule has 8 heteroatoms. The molecule has 3 heterocycles. The van der Waals surface area contributed by atoms with Crippen molar-refractivity contribution < 1.29 is 4.79 Å². The van der Waals surface area contributed by atoms with Crippen LogP contribution < -0.4 is 10.9 Å². The summed E-state index contributed by atoms with van der Waals surface area (Å²) in [6, 6.07) is 17.1. The Kier molecular flexibility index (Phi) is 8.57. The number of halogens is 1. The number of carbonyl (C=O) groups excluding carboxylic acids is 1. The van der Waals surface area contributed by atoms with Gasteiger partial charge in [0, 0.05) is 37.4 Å². The third-order valence-electron chi connectivity index (χ3n) is 7.44. The Labute approximate surface area is 246 Å². The molecule has 1 N–H and O–H groups in total. The van der Waals surface area contributed by atoms with Crippen LogP contribution in [0.25, 0.3) is 28.7 Å². The second-order valence-electron chi connectivity index (χ2n) is 10.5. The van der Waals surface area contributed by atoms with E-state index in [2.05, 4.69) is 31.3 Å². The molecular formula is C33H36ClN5O2. The molecule has 41 heavy (non-hydrogen) atoms. The lowest BCUT2D eigenvalue weighted by Crippen LogP contribution is -2.47. The van der Waals surface area contributed by atoms with Gasteiger partial charge in [0.25, 0.3) is 11.5 Å². The molecule has 0 saturated carbocycles. The molecular weight excluding hydrogens is 534 g/mol. The molecule has 7 nitrogen and oxygen atoms in total. The molecule has 212 valence electrons. The minimum absolute atomic E-state index is 0.0850. The van der Waals surface area contributed by atoms with E-state index in [1.54, 1.807) is 27.4 Å². The summed E-state index contributed by atoms with van der Waals surface area (Å²) in [5.74, 6) is -0.0850. The molecule has 0 spiro atoms. The number of para-hydroxylation sites is 1. The smallest absolute Gasteiger partial charge is 0.265 e. The van der Waals surface area contributed by atoms with Crippen molar-refractivity contribution in [3.05, 3.63) is 104 Å². The number of nitrogens with one attached hydrogen (secondary N) is 1. The Balaban J connectivity index is 1.82. The summed E-state index contributed by atoms with van der Waals surface area (Å²) < 4.78 is 3.48. The van der Waals surface area contributed by atoms with Gasteiger partial charge < -0.3 is 10.2 Å². The maximum Gasteiger partial charge on any atom is 0.265 e. The molecule has 5 rings (SSSR count). The predicted octanol–water partition coefficient (Wildman–Crippen LogP) is 5.94. The molecule has 4 aromatic rings. The van der Waals surface area contributed by atoms with Crippen LogP contribution in [0, 0.1) is 0 Å². The summed E-state index contributed by atoms with van der Waals surface area (Å²) in [6.07, 6.45) is 5.28. The molecule has 0 unspecified atom stereocenters. The summed E-state index contributed by atoms with van der Waals surface area (Å²) in [6.45, 7) is 10.9. The van der Waals surface area contributed by atoms with Crippen LogP contribution in [0.4, 0.5) is 0 Å². The largest absolute Gasteiger partial charge is 0.336 e. The Morgan fingerprint density at radius 1 is 1.00 bits per heavy atom. The summed E-state index contributed by atoms with van der Waals surface area (Å²) in [5, 5.41) is 8.73. The predicted molar refractivity (Wildman–Crippen MR) is 166 cm³/mol. The quantitative estimate of drug-likeness (QED) is 0.299. The Morgan fingerprint density at radius 2 is 1.66 bits per heavy atom. The van der Waals surface area contributed by atoms with Crippen molar-refractivity contribution in [3.8, 4) is 22.6 Å². The van der Waals surface area contributed by atoms with E-state index >= 15 is 0 Å². The van der Waals surface area contributed by atoms with E-state index in [4.69, 9.17) is 16.7 Å². The van der Waals surface area contributed by atoms with Crippen molar-refractivity contribution in [2.24, 2.45) is 0 Å². The monoisotopic (exact) mass is 569 g/mol. The molecule has 1 aliphatic rings. The number of aryl methyl sites for hydroxylation is 2. The summed E-state index contributed by atoms with van der Waals surface area (Å²) in [7, 11) is 0. The van der Waals surface area contributed by atoms with Crippen molar-refractivity contribution in [1.29, 1.82) is 0 Å². The highest BCUT2D eigenvalue weighted by Gasteiger charge is 2.27. The number of allylic oxidation sites excluding steroid dienone is 1. The van der Waals surface area contributed by atoms with E-state index in [0.717, 1.165) is 54.0 Å². The minimum Gasteiger partial charge on any atom is -0.336 e. The van der Waals surface area contributed by atoms with E-state index in [0.29, 0.717) is 40.6 Å². The highest BCUT2D eigenvalue weighted by atomic mass is 35.5. The van der Waals surface area contributed by atoms with Crippen LogP contribution in [-0.4, -0.2) is 51.3 Å². The molecule has 2 aromatic heterocycles. The fourth-order valence-corrected chi connectivity index (χ4v) is 5.49. The summed E-state index contributed by atoms with van der Waals surface area (Å²) in [5.41, 5.74) is 6.57. The molecule has 1 amide bonds. The highest BCUT2D eigenvalue weighted by molar-refractivity contribution is 6.30. The van der Waals surface area contributed by atoms with Gasteiger partial charge in [-0.05, 0) is 80.3 Å². The molecule has 2 aromatic carbocycles. The van der Waals surface area contributed by atoms with E-state index in [1.165, 1.54) is 0 Å². The van der Waals surface area contributed by atoms with Crippen LogP contribution >= 0.6 is 11.6 Å². The molecule has 0 aliphatic carbocycles. The molecule has 1 fully saturated rings. The van der Waals surface area contributed by atoms with E-state index in [9.17, 15) is 9.59 Å². The van der Waals surface area contributed by atoms with Gasteiger partial charge in [0.15, 0.2) is 0 Å². The van der Waals surface area contributed by atoms with Gasteiger partial charge in [0.2, 0.25) is 0 Å². The molecule has 1 saturated heterocycles. The number of hydrogen-bond donors (Lipinski definition) is 1. The number of pyridine rings is 1. The topological polar surface area (TPSA) is 72.2 Å². The second-order valence-corrected chi connectivity index (χ2v) is 11.0. The van der Waals surface area contributed by atoms with E-state index in [1.807, 2.05) is 55.3 Å². The summed E-state index contributed by atoms with van der Waals surface area (Å²) >= 11 is 6.09. The first kappa shape index (κ1) is 28.6. The third-order valence-corrected chi connectivity index (χ3v) is 7.70. The number of hydrogen-bond acceptors (Lipinski definition) is 4. The van der Waals surface area contributed by atoms with Crippen molar-refractivity contribution in [2.75, 3.05) is 26.2 Å². The van der Waals surface area contributed by atoms with Crippen LogP contribution in [0.1, 0.15) is 54.9 Å². The fourth-order valence-electron chi connectivity index (χ4n) is 5.37. The minimum atomic E-state index is -0.202. The zero-order valence-corrected chi connectivity index (χ0v) is 24.8. The number of piperazine rings is 1. The van der Waals surface area contributed by atoms with Crippen LogP contribution in [0.15, 0.2) is 71.2 Å². The zero-order chi connectivity index (χ0) is 29.1. The lowest BCUT2D eigenvalue weighted by molar-refractivity contribution is 0.0735. The van der Waals surface area contributed by atoms with Gasteiger partial charge in [-0.3, -0.25) is 14.2 Å². The van der Waals surface area contributed by atoms with E-state index < -0.39 is 0 Å². The molecule has 1 aliphatic heterocycles. The third kappa shape index (κ3) is 5.78. The van der Waals surface area contributed by atoms with Gasteiger partial charge in [-0.15, -0.1) is 0 Å². The first-order chi connectivity index (χ1) is 19.8. The normalized spacial score (nSPS) is 13.3. The van der Waals surface area contributed by atoms with Crippen LogP contribution in [0.2, 0.25) is 5.02 Å². The standard InChI is InChI=1S/C33H36ClN5O2/c1-5-23-8-7-9-24(6-2)31(23)39-30(20-22(3)4)28(32(40)37-18-15-35-16-19-37)21-27(33(39)41)29-14-17-38(36-29)26-12-10-25(34)11-13-26/h7-14,17,20-21,35H,5-6,15-16,18-19H2,1-4H3. The van der Waals surface area contributed by atoms with Crippen molar-refractivity contribution in [3.63, 3.8) is 0 Å². The Bertz CT molecular complexity index is 1630. The maximum atomic E-state index is 14.6. The SMILES string of the molecule is CCc1cccc(CC)c1-n1c(C=C(C)C)c(C(=O)N2CCNCC2)cc(-c2ccn(-c3ccc(Cl)cc3)n2)c1=O. The van der Waals surface area contributed by atoms with Crippen LogP contribution in [-0.2, 0) is 12.8 Å². The van der Waals surface area contributed by atoms with Gasteiger partial charge >= 0.3 is 0 Å². The van der Waals surface area contributed by atoms with E-state index in [-0.39, 0.29) is 11.5 Å². The van der Waals surface area contributed by atoms with Crippen molar-refractivity contribution >= 4 is 23.6 Å². The first-order valence-electron chi connectivity index (χ1n) is 14.2. The maximum absolute atomic E-state index is 14.6. The zero-order valence-electron chi connectivity index (χ0n) is 24.1. The lowest BCUT2D eigenvalue weighted by atomic mass is 9.99. The van der Waals surface area contributed by atoms with Gasteiger partial charge in [-0.2, -0.15) is 5.10 Å². The van der Waals surface area contributed by atoms with Gasteiger partial charge in [0.05, 0.1) is 33.9 Å². The second kappa shape index (κ2) is 12.3. The number of amides is 1. The van der Waals surface area contributed by atoms with Crippen LogP contribution in [0.3, 0.4) is 0 Å². The van der Waals surface area contributed by atoms with Gasteiger partial charge in [-0.1, -0.05) is 49.2 Å². The summed E-state index contributed by atoms with van der Waals surface area (Å²) in [4.78, 5) is 30.6. The average Bonchev–Trinajstić information content (AvgIpc) is 3.47. The average molecular weight is 570 g/mol. The molecule has 0 radical (unpaired) electrons. The first-order valence-corrected chi connectivity index (χ1v) is 14.6. The Morgan fingerprint density at radius 3 is 2.27 bits per heavy atom. The molecule has 0 bridgehead atoms. The number of rotatable bonds is 7. The Hall–Kier alpha value is -3.94. The molecule has 0 atom stereocenters. The van der Waals surface area contributed by atoms with Crippen molar-refractivity contribution in [1.82, 2.24) is 24.6 Å². The lowest BCUT2D eigenvalue weighted by Gasteiger charge is -2.29. The number of aromatic nitrogens is 3. The highest BCUT2D eigenvalue weighted by Crippen LogP contribution is 2.28. The fraction of sp³-hybridized carbons (Fsp3) is 0.303. The number of benzene rings is 2. The van der Waals surface area contributed by atoms with Gasteiger partial charge in [-0.25, -0.2) is 4.68 Å². The number of carbonyl (C=O) groups is 1. The number of nitrogens with zero attached hydrogens (tertiary/aromatic N) is 4.